The van der Waals surface area contributed by atoms with Gasteiger partial charge in [0.25, 0.3) is 5.91 Å². The summed E-state index contributed by atoms with van der Waals surface area (Å²) in [6.45, 7) is 0. The molecule has 24 heavy (non-hydrogen) atoms. The van der Waals surface area contributed by atoms with Crippen LogP contribution < -0.4 is 10.2 Å². The SMILES string of the molecule is COc1ccc(Br)cc1C(=O)NN=Cc1cccc2ccccc12. The molecule has 120 valence electrons. The average molecular weight is 383 g/mol. The predicted molar refractivity (Wildman–Crippen MR) is 99.7 cm³/mol. The molecule has 0 atom stereocenters. The molecule has 0 aliphatic carbocycles. The Kier molecular flexibility index (Phi) is 4.91. The molecule has 0 saturated heterocycles. The van der Waals surface area contributed by atoms with Crippen LogP contribution in [0.4, 0.5) is 0 Å². The Balaban J connectivity index is 1.81. The molecule has 0 unspecified atom stereocenters. The fourth-order valence-corrected chi connectivity index (χ4v) is 2.80. The predicted octanol–water partition coefficient (Wildman–Crippen LogP) is 4.37. The van der Waals surface area contributed by atoms with Gasteiger partial charge in [0.05, 0.1) is 18.9 Å². The van der Waals surface area contributed by atoms with Crippen molar-refractivity contribution < 1.29 is 9.53 Å². The molecule has 3 rings (SSSR count). The molecule has 0 fully saturated rings. The molecule has 0 heterocycles. The van der Waals surface area contributed by atoms with E-state index in [0.29, 0.717) is 11.3 Å². The summed E-state index contributed by atoms with van der Waals surface area (Å²) in [5, 5.41) is 6.29. The first-order valence-electron chi connectivity index (χ1n) is 7.34. The molecule has 0 bridgehead atoms. The number of fused-ring (bicyclic) bond motifs is 1. The number of hydrazone groups is 1. The molecule has 0 aliphatic heterocycles. The lowest BCUT2D eigenvalue weighted by molar-refractivity contribution is 0.0952. The Labute approximate surface area is 148 Å². The van der Waals surface area contributed by atoms with Crippen LogP contribution in [0.3, 0.4) is 0 Å². The standard InChI is InChI=1S/C19H15BrN2O2/c1-24-18-10-9-15(20)11-17(18)19(23)22-21-12-14-7-4-6-13-5-2-3-8-16(13)14/h2-12H,1H3,(H,22,23). The number of carbonyl (C=O) groups is 1. The quantitative estimate of drug-likeness (QED) is 0.537. The van der Waals surface area contributed by atoms with E-state index in [1.165, 1.54) is 7.11 Å². The van der Waals surface area contributed by atoms with Crippen LogP contribution >= 0.6 is 15.9 Å². The molecular weight excluding hydrogens is 368 g/mol. The topological polar surface area (TPSA) is 50.7 Å². The third kappa shape index (κ3) is 3.46. The lowest BCUT2D eigenvalue weighted by Crippen LogP contribution is -2.18. The van der Waals surface area contributed by atoms with Crippen LogP contribution in [0, 0.1) is 0 Å². The molecule has 0 aromatic heterocycles. The van der Waals surface area contributed by atoms with Crippen molar-refractivity contribution in [2.75, 3.05) is 7.11 Å². The number of rotatable bonds is 4. The normalized spacial score (nSPS) is 10.9. The van der Waals surface area contributed by atoms with E-state index in [1.54, 1.807) is 18.3 Å². The minimum Gasteiger partial charge on any atom is -0.496 e. The summed E-state index contributed by atoms with van der Waals surface area (Å²) in [5.74, 6) is 0.167. The third-order valence-corrected chi connectivity index (χ3v) is 4.09. The molecule has 5 heteroatoms. The Morgan fingerprint density at radius 1 is 1.12 bits per heavy atom. The molecule has 4 nitrogen and oxygen atoms in total. The van der Waals surface area contributed by atoms with Crippen LogP contribution in [0.15, 0.2) is 70.2 Å². The number of ether oxygens (including phenoxy) is 1. The largest absolute Gasteiger partial charge is 0.496 e. The van der Waals surface area contributed by atoms with E-state index < -0.39 is 0 Å². The minimum absolute atomic E-state index is 0.329. The van der Waals surface area contributed by atoms with E-state index in [2.05, 4.69) is 26.5 Å². The maximum atomic E-state index is 12.3. The highest BCUT2D eigenvalue weighted by atomic mass is 79.9. The Hall–Kier alpha value is -2.66. The summed E-state index contributed by atoms with van der Waals surface area (Å²) in [5.41, 5.74) is 3.90. The molecule has 3 aromatic carbocycles. The lowest BCUT2D eigenvalue weighted by Gasteiger charge is -2.07. The first-order chi connectivity index (χ1) is 11.7. The van der Waals surface area contributed by atoms with Gasteiger partial charge in [0.15, 0.2) is 0 Å². The molecule has 1 amide bonds. The van der Waals surface area contributed by atoms with E-state index >= 15 is 0 Å². The van der Waals surface area contributed by atoms with Gasteiger partial charge in [-0.05, 0) is 29.0 Å². The van der Waals surface area contributed by atoms with Gasteiger partial charge in [-0.1, -0.05) is 58.4 Å². The van der Waals surface area contributed by atoms with Crippen LogP contribution in [-0.4, -0.2) is 19.2 Å². The van der Waals surface area contributed by atoms with Crippen molar-refractivity contribution in [2.45, 2.75) is 0 Å². The molecule has 0 saturated carbocycles. The highest BCUT2D eigenvalue weighted by Crippen LogP contribution is 2.22. The average Bonchev–Trinajstić information content (AvgIpc) is 2.61. The number of benzene rings is 3. The fraction of sp³-hybridized carbons (Fsp3) is 0.0526. The number of carbonyl (C=O) groups excluding carboxylic acids is 1. The minimum atomic E-state index is -0.329. The first-order valence-corrected chi connectivity index (χ1v) is 8.13. The number of methoxy groups -OCH3 is 1. The summed E-state index contributed by atoms with van der Waals surface area (Å²) in [6.07, 6.45) is 1.64. The van der Waals surface area contributed by atoms with Gasteiger partial charge in [-0.15, -0.1) is 0 Å². The van der Waals surface area contributed by atoms with Gasteiger partial charge in [-0.2, -0.15) is 5.10 Å². The van der Waals surface area contributed by atoms with Crippen molar-refractivity contribution in [2.24, 2.45) is 5.10 Å². The van der Waals surface area contributed by atoms with Gasteiger partial charge >= 0.3 is 0 Å². The Morgan fingerprint density at radius 2 is 1.92 bits per heavy atom. The molecule has 3 aromatic rings. The number of nitrogens with zero attached hydrogens (tertiary/aromatic N) is 1. The van der Waals surface area contributed by atoms with E-state index in [-0.39, 0.29) is 5.91 Å². The van der Waals surface area contributed by atoms with Crippen molar-refractivity contribution >= 4 is 38.8 Å². The zero-order valence-electron chi connectivity index (χ0n) is 13.0. The summed E-state index contributed by atoms with van der Waals surface area (Å²) in [6, 6.07) is 19.2. The number of nitrogens with one attached hydrogen (secondary N) is 1. The second-order valence-corrected chi connectivity index (χ2v) is 6.03. The van der Waals surface area contributed by atoms with Crippen LogP contribution in [0.25, 0.3) is 10.8 Å². The summed E-state index contributed by atoms with van der Waals surface area (Å²) >= 11 is 3.35. The maximum Gasteiger partial charge on any atom is 0.275 e. The maximum absolute atomic E-state index is 12.3. The number of amides is 1. The number of halogens is 1. The molecule has 0 aliphatic rings. The van der Waals surface area contributed by atoms with Crippen molar-refractivity contribution in [3.8, 4) is 5.75 Å². The Bertz CT molecular complexity index is 917. The van der Waals surface area contributed by atoms with Gasteiger partial charge in [0, 0.05) is 10.0 Å². The molecule has 0 spiro atoms. The van der Waals surface area contributed by atoms with Crippen LogP contribution in [0.2, 0.25) is 0 Å². The summed E-state index contributed by atoms with van der Waals surface area (Å²) in [7, 11) is 1.53. The van der Waals surface area contributed by atoms with Gasteiger partial charge in [-0.25, -0.2) is 5.43 Å². The fourth-order valence-electron chi connectivity index (χ4n) is 2.44. The van der Waals surface area contributed by atoms with Gasteiger partial charge < -0.3 is 4.74 Å². The third-order valence-electron chi connectivity index (χ3n) is 3.60. The molecule has 1 N–H and O–H groups in total. The summed E-state index contributed by atoms with van der Waals surface area (Å²) in [4.78, 5) is 12.3. The van der Waals surface area contributed by atoms with Gasteiger partial charge in [0.1, 0.15) is 5.75 Å². The van der Waals surface area contributed by atoms with E-state index in [4.69, 9.17) is 4.74 Å². The van der Waals surface area contributed by atoms with Crippen LogP contribution in [0.1, 0.15) is 15.9 Å². The van der Waals surface area contributed by atoms with E-state index in [1.807, 2.05) is 48.5 Å². The Morgan fingerprint density at radius 3 is 2.75 bits per heavy atom. The molecule has 0 radical (unpaired) electrons. The van der Waals surface area contributed by atoms with Crippen LogP contribution in [0.5, 0.6) is 5.75 Å². The van der Waals surface area contributed by atoms with Gasteiger partial charge in [-0.3, -0.25) is 4.79 Å². The zero-order valence-corrected chi connectivity index (χ0v) is 14.6. The monoisotopic (exact) mass is 382 g/mol. The zero-order chi connectivity index (χ0) is 16.9. The van der Waals surface area contributed by atoms with Crippen molar-refractivity contribution in [3.05, 3.63) is 76.3 Å². The lowest BCUT2D eigenvalue weighted by atomic mass is 10.1. The second kappa shape index (κ2) is 7.27. The van der Waals surface area contributed by atoms with Crippen molar-refractivity contribution in [1.29, 1.82) is 0 Å². The van der Waals surface area contributed by atoms with E-state index in [0.717, 1.165) is 20.8 Å². The number of hydrogen-bond acceptors (Lipinski definition) is 3. The first kappa shape index (κ1) is 16.2. The smallest absolute Gasteiger partial charge is 0.275 e. The van der Waals surface area contributed by atoms with Crippen molar-refractivity contribution in [1.82, 2.24) is 5.43 Å². The van der Waals surface area contributed by atoms with Crippen LogP contribution in [-0.2, 0) is 0 Å². The highest BCUT2D eigenvalue weighted by molar-refractivity contribution is 9.10. The molecular formula is C19H15BrN2O2. The highest BCUT2D eigenvalue weighted by Gasteiger charge is 2.12. The number of hydrogen-bond donors (Lipinski definition) is 1. The van der Waals surface area contributed by atoms with Gasteiger partial charge in [0.2, 0.25) is 0 Å². The second-order valence-electron chi connectivity index (χ2n) is 5.11. The van der Waals surface area contributed by atoms with Crippen molar-refractivity contribution in [3.63, 3.8) is 0 Å². The summed E-state index contributed by atoms with van der Waals surface area (Å²) < 4.78 is 6.01. The van der Waals surface area contributed by atoms with E-state index in [9.17, 15) is 4.79 Å².